The smallest absolute Gasteiger partial charge is 0.129 e. The Bertz CT molecular complexity index is 453. The second kappa shape index (κ2) is 7.05. The van der Waals surface area contributed by atoms with Crippen LogP contribution in [0, 0.1) is 5.82 Å². The van der Waals surface area contributed by atoms with Crippen LogP contribution in [-0.4, -0.2) is 43.3 Å². The number of hydrogen-bond donors (Lipinski definition) is 1. The van der Waals surface area contributed by atoms with Crippen LogP contribution in [0.5, 0.6) is 0 Å². The van der Waals surface area contributed by atoms with E-state index in [4.69, 9.17) is 16.3 Å². The van der Waals surface area contributed by atoms with E-state index < -0.39 is 0 Å². The second-order valence-corrected chi connectivity index (χ2v) is 6.27. The molecule has 0 aromatic heterocycles. The predicted octanol–water partition coefficient (Wildman–Crippen LogP) is 2.82. The summed E-state index contributed by atoms with van der Waals surface area (Å²) in [5.41, 5.74) is 0.623. The van der Waals surface area contributed by atoms with Crippen LogP contribution in [0.2, 0.25) is 5.02 Å². The van der Waals surface area contributed by atoms with Crippen molar-refractivity contribution in [3.05, 3.63) is 34.6 Å². The summed E-state index contributed by atoms with van der Waals surface area (Å²) < 4.78 is 19.6. The van der Waals surface area contributed by atoms with E-state index in [0.717, 1.165) is 45.6 Å². The number of halogens is 2. The van der Waals surface area contributed by atoms with Crippen molar-refractivity contribution < 1.29 is 9.13 Å². The molecule has 0 aliphatic carbocycles. The lowest BCUT2D eigenvalue weighted by atomic mass is 10.0. The van der Waals surface area contributed by atoms with Crippen LogP contribution in [0.15, 0.2) is 18.2 Å². The molecular weight excluding hydrogens is 291 g/mol. The van der Waals surface area contributed by atoms with Crippen molar-refractivity contribution in [2.24, 2.45) is 0 Å². The first-order chi connectivity index (χ1) is 10.3. The highest BCUT2D eigenvalue weighted by molar-refractivity contribution is 6.31. The van der Waals surface area contributed by atoms with Crippen LogP contribution >= 0.6 is 11.6 Å². The zero-order valence-electron chi connectivity index (χ0n) is 12.2. The molecule has 0 unspecified atom stereocenters. The van der Waals surface area contributed by atoms with Gasteiger partial charge in [0.2, 0.25) is 0 Å². The van der Waals surface area contributed by atoms with E-state index in [1.165, 1.54) is 6.07 Å². The van der Waals surface area contributed by atoms with Gasteiger partial charge in [-0.2, -0.15) is 0 Å². The SMILES string of the molecule is Fc1cccc(Cl)c1CN(C1CCOCC1)[C@H]1CCNC1. The quantitative estimate of drug-likeness (QED) is 0.925. The van der Waals surface area contributed by atoms with Crippen LogP contribution in [0.3, 0.4) is 0 Å². The molecule has 5 heteroatoms. The van der Waals surface area contributed by atoms with Gasteiger partial charge in [-0.1, -0.05) is 17.7 Å². The molecule has 116 valence electrons. The van der Waals surface area contributed by atoms with Gasteiger partial charge < -0.3 is 10.1 Å². The molecule has 2 saturated heterocycles. The van der Waals surface area contributed by atoms with Crippen LogP contribution < -0.4 is 5.32 Å². The molecule has 1 aromatic rings. The standard InChI is InChI=1S/C16H22ClFN2O/c17-15-2-1-3-16(18)14(15)11-20(13-4-7-19-10-13)12-5-8-21-9-6-12/h1-3,12-13,19H,4-11H2/t13-/m0/s1. The monoisotopic (exact) mass is 312 g/mol. The van der Waals surface area contributed by atoms with Gasteiger partial charge in [0.05, 0.1) is 0 Å². The van der Waals surface area contributed by atoms with Crippen molar-refractivity contribution in [2.75, 3.05) is 26.3 Å². The van der Waals surface area contributed by atoms with Crippen molar-refractivity contribution in [1.29, 1.82) is 0 Å². The van der Waals surface area contributed by atoms with Crippen LogP contribution in [-0.2, 0) is 11.3 Å². The minimum Gasteiger partial charge on any atom is -0.381 e. The first kappa shape index (κ1) is 15.2. The molecule has 0 amide bonds. The normalized spacial score (nSPS) is 23.9. The third kappa shape index (κ3) is 3.57. The summed E-state index contributed by atoms with van der Waals surface area (Å²) in [6.07, 6.45) is 3.15. The van der Waals surface area contributed by atoms with E-state index >= 15 is 0 Å². The van der Waals surface area contributed by atoms with Crippen molar-refractivity contribution >= 4 is 11.6 Å². The molecule has 21 heavy (non-hydrogen) atoms. The van der Waals surface area contributed by atoms with E-state index in [1.54, 1.807) is 12.1 Å². The van der Waals surface area contributed by atoms with E-state index in [1.807, 2.05) is 0 Å². The molecule has 0 spiro atoms. The minimum atomic E-state index is -0.203. The Morgan fingerprint density at radius 1 is 1.24 bits per heavy atom. The highest BCUT2D eigenvalue weighted by atomic mass is 35.5. The van der Waals surface area contributed by atoms with Crippen LogP contribution in [0.25, 0.3) is 0 Å². The zero-order valence-corrected chi connectivity index (χ0v) is 12.9. The Morgan fingerprint density at radius 2 is 2.05 bits per heavy atom. The van der Waals surface area contributed by atoms with E-state index in [-0.39, 0.29) is 5.82 Å². The molecule has 1 N–H and O–H groups in total. The largest absolute Gasteiger partial charge is 0.381 e. The molecule has 0 bridgehead atoms. The Labute approximate surface area is 130 Å². The predicted molar refractivity (Wildman–Crippen MR) is 82.1 cm³/mol. The number of ether oxygens (including phenoxy) is 1. The zero-order chi connectivity index (χ0) is 14.7. The fraction of sp³-hybridized carbons (Fsp3) is 0.625. The molecule has 3 rings (SSSR count). The molecule has 3 nitrogen and oxygen atoms in total. The topological polar surface area (TPSA) is 24.5 Å². The molecule has 1 aromatic carbocycles. The molecule has 2 fully saturated rings. The van der Waals surface area contributed by atoms with Gasteiger partial charge in [0.15, 0.2) is 0 Å². The number of benzene rings is 1. The third-order valence-corrected chi connectivity index (χ3v) is 4.92. The minimum absolute atomic E-state index is 0.203. The lowest BCUT2D eigenvalue weighted by molar-refractivity contribution is 0.0155. The summed E-state index contributed by atoms with van der Waals surface area (Å²) in [6, 6.07) is 5.85. The first-order valence-electron chi connectivity index (χ1n) is 7.73. The third-order valence-electron chi connectivity index (χ3n) is 4.57. The van der Waals surface area contributed by atoms with E-state index in [0.29, 0.717) is 29.2 Å². The Balaban J connectivity index is 1.80. The average molecular weight is 313 g/mol. The number of rotatable bonds is 4. The second-order valence-electron chi connectivity index (χ2n) is 5.86. The Hall–Kier alpha value is -0.680. The van der Waals surface area contributed by atoms with Gasteiger partial charge >= 0.3 is 0 Å². The first-order valence-corrected chi connectivity index (χ1v) is 8.10. The fourth-order valence-electron chi connectivity index (χ4n) is 3.36. The summed E-state index contributed by atoms with van der Waals surface area (Å²) in [7, 11) is 0. The lowest BCUT2D eigenvalue weighted by Gasteiger charge is -2.38. The number of nitrogens with one attached hydrogen (secondary N) is 1. The Kier molecular flexibility index (Phi) is 5.11. The van der Waals surface area contributed by atoms with Gasteiger partial charge in [-0.15, -0.1) is 0 Å². The van der Waals surface area contributed by atoms with Gasteiger partial charge in [-0.05, 0) is 37.9 Å². The molecular formula is C16H22ClFN2O. The van der Waals surface area contributed by atoms with E-state index in [9.17, 15) is 4.39 Å². The summed E-state index contributed by atoms with van der Waals surface area (Å²) in [5, 5.41) is 3.93. The molecule has 1 atom stereocenters. The molecule has 2 heterocycles. The van der Waals surface area contributed by atoms with Gasteiger partial charge in [0, 0.05) is 49.0 Å². The van der Waals surface area contributed by atoms with Crippen molar-refractivity contribution in [3.63, 3.8) is 0 Å². The summed E-state index contributed by atoms with van der Waals surface area (Å²) >= 11 is 6.21. The van der Waals surface area contributed by atoms with Crippen LogP contribution in [0.4, 0.5) is 4.39 Å². The van der Waals surface area contributed by atoms with Crippen LogP contribution in [0.1, 0.15) is 24.8 Å². The molecule has 0 saturated carbocycles. The fourth-order valence-corrected chi connectivity index (χ4v) is 3.58. The highest BCUT2D eigenvalue weighted by Gasteiger charge is 2.30. The Morgan fingerprint density at radius 3 is 2.71 bits per heavy atom. The van der Waals surface area contributed by atoms with Crippen molar-refractivity contribution in [1.82, 2.24) is 10.2 Å². The van der Waals surface area contributed by atoms with E-state index in [2.05, 4.69) is 10.2 Å². The van der Waals surface area contributed by atoms with Gasteiger partial charge in [-0.3, -0.25) is 4.90 Å². The molecule has 0 radical (unpaired) electrons. The van der Waals surface area contributed by atoms with Crippen molar-refractivity contribution in [2.45, 2.75) is 37.9 Å². The maximum Gasteiger partial charge on any atom is 0.129 e. The van der Waals surface area contributed by atoms with Crippen molar-refractivity contribution in [3.8, 4) is 0 Å². The summed E-state index contributed by atoms with van der Waals surface area (Å²) in [5.74, 6) is -0.203. The lowest BCUT2D eigenvalue weighted by Crippen LogP contribution is -2.46. The summed E-state index contributed by atoms with van der Waals surface area (Å²) in [6.45, 7) is 4.19. The number of hydrogen-bond acceptors (Lipinski definition) is 3. The van der Waals surface area contributed by atoms with Gasteiger partial charge in [0.1, 0.15) is 5.82 Å². The molecule has 2 aliphatic rings. The number of nitrogens with zero attached hydrogens (tertiary/aromatic N) is 1. The average Bonchev–Trinajstić information content (AvgIpc) is 3.02. The maximum atomic E-state index is 14.1. The highest BCUT2D eigenvalue weighted by Crippen LogP contribution is 2.27. The molecule has 2 aliphatic heterocycles. The maximum absolute atomic E-state index is 14.1. The van der Waals surface area contributed by atoms with Gasteiger partial charge in [-0.25, -0.2) is 4.39 Å². The summed E-state index contributed by atoms with van der Waals surface area (Å²) in [4.78, 5) is 2.44. The van der Waals surface area contributed by atoms with Gasteiger partial charge in [0.25, 0.3) is 0 Å².